The number of nitrogens with two attached hydrogens (primary N) is 1. The molecule has 3 aromatic rings. The molecular formula is C16H15N3. The zero-order chi connectivity index (χ0) is 13.2. The third kappa shape index (κ3) is 2.03. The number of hydrogen-bond acceptors (Lipinski definition) is 3. The molecule has 2 N–H and O–H groups in total. The lowest BCUT2D eigenvalue weighted by molar-refractivity contribution is 0.966. The molecule has 94 valence electrons. The van der Waals surface area contributed by atoms with Crippen LogP contribution in [0.2, 0.25) is 0 Å². The fraction of sp³-hybridized carbons (Fsp3) is 0.125. The molecule has 0 unspecified atom stereocenters. The number of rotatable bonds is 2. The maximum absolute atomic E-state index is 6.12. The Morgan fingerprint density at radius 2 is 1.74 bits per heavy atom. The first kappa shape index (κ1) is 11.7. The van der Waals surface area contributed by atoms with E-state index in [9.17, 15) is 0 Å². The van der Waals surface area contributed by atoms with Crippen molar-refractivity contribution < 1.29 is 0 Å². The highest BCUT2D eigenvalue weighted by atomic mass is 14.9. The Labute approximate surface area is 112 Å². The number of hydrogen-bond donors (Lipinski definition) is 1. The molecule has 0 bridgehead atoms. The zero-order valence-electron chi connectivity index (χ0n) is 10.8. The lowest BCUT2D eigenvalue weighted by Crippen LogP contribution is -2.01. The molecule has 0 saturated carbocycles. The Kier molecular flexibility index (Phi) is 2.88. The molecule has 0 saturated heterocycles. The summed E-state index contributed by atoms with van der Waals surface area (Å²) in [4.78, 5) is 8.92. The van der Waals surface area contributed by atoms with Crippen molar-refractivity contribution in [1.29, 1.82) is 0 Å². The zero-order valence-corrected chi connectivity index (χ0v) is 10.8. The summed E-state index contributed by atoms with van der Waals surface area (Å²) in [5, 5.41) is 0.936. The van der Waals surface area contributed by atoms with Crippen LogP contribution in [-0.4, -0.2) is 9.97 Å². The predicted molar refractivity (Wildman–Crippen MR) is 78.8 cm³/mol. The molecule has 0 radical (unpaired) electrons. The van der Waals surface area contributed by atoms with Gasteiger partial charge in [0.25, 0.3) is 0 Å². The van der Waals surface area contributed by atoms with Crippen molar-refractivity contribution in [1.82, 2.24) is 9.97 Å². The second-order valence-electron chi connectivity index (χ2n) is 4.44. The van der Waals surface area contributed by atoms with E-state index in [1.807, 2.05) is 37.3 Å². The number of aryl methyl sites for hydroxylation is 1. The lowest BCUT2D eigenvalue weighted by Gasteiger charge is -2.09. The monoisotopic (exact) mass is 249 g/mol. The van der Waals surface area contributed by atoms with E-state index in [0.717, 1.165) is 34.3 Å². The maximum atomic E-state index is 6.12. The number of nitrogen functional groups attached to an aromatic ring is 1. The van der Waals surface area contributed by atoms with Gasteiger partial charge in [-0.05, 0) is 17.2 Å². The average molecular weight is 249 g/mol. The van der Waals surface area contributed by atoms with Crippen molar-refractivity contribution in [2.75, 3.05) is 5.73 Å². The molecule has 0 amide bonds. The van der Waals surface area contributed by atoms with Crippen molar-refractivity contribution >= 4 is 16.7 Å². The summed E-state index contributed by atoms with van der Waals surface area (Å²) in [6.07, 6.45) is 0.787. The van der Waals surface area contributed by atoms with E-state index in [2.05, 4.69) is 28.2 Å². The minimum Gasteiger partial charge on any atom is -0.383 e. The first-order valence-electron chi connectivity index (χ1n) is 6.40. The molecule has 19 heavy (non-hydrogen) atoms. The maximum Gasteiger partial charge on any atom is 0.135 e. The summed E-state index contributed by atoms with van der Waals surface area (Å²) in [5.41, 5.74) is 9.24. The van der Waals surface area contributed by atoms with Gasteiger partial charge in [-0.3, -0.25) is 0 Å². The summed E-state index contributed by atoms with van der Waals surface area (Å²) in [7, 11) is 0. The fourth-order valence-corrected chi connectivity index (χ4v) is 2.28. The Morgan fingerprint density at radius 1 is 0.947 bits per heavy atom. The molecule has 0 aliphatic rings. The van der Waals surface area contributed by atoms with Gasteiger partial charge in [0.05, 0.1) is 10.9 Å². The standard InChI is InChI=1S/C16H15N3/c1-2-14-18-13-10-6-9-12(15(13)16(17)19-14)11-7-4-3-5-8-11/h3-10H,2H2,1H3,(H2,17,18,19). The SMILES string of the molecule is CCc1nc(N)c2c(-c3ccccc3)cccc2n1. The molecule has 1 heterocycles. The number of nitrogens with zero attached hydrogens (tertiary/aromatic N) is 2. The van der Waals surface area contributed by atoms with Gasteiger partial charge in [0, 0.05) is 6.42 Å². The highest BCUT2D eigenvalue weighted by Crippen LogP contribution is 2.30. The van der Waals surface area contributed by atoms with Gasteiger partial charge in [-0.25, -0.2) is 9.97 Å². The Bertz CT molecular complexity index is 721. The van der Waals surface area contributed by atoms with E-state index in [1.54, 1.807) is 0 Å². The first-order chi connectivity index (χ1) is 9.29. The van der Waals surface area contributed by atoms with Crippen LogP contribution in [-0.2, 0) is 6.42 Å². The number of anilines is 1. The molecule has 0 aliphatic heterocycles. The summed E-state index contributed by atoms with van der Waals surface area (Å²) in [6, 6.07) is 16.2. The van der Waals surface area contributed by atoms with E-state index in [0.29, 0.717) is 5.82 Å². The molecule has 0 fully saturated rings. The second kappa shape index (κ2) is 4.69. The molecule has 0 atom stereocenters. The third-order valence-corrected chi connectivity index (χ3v) is 3.20. The van der Waals surface area contributed by atoms with Crippen molar-refractivity contribution in [3.63, 3.8) is 0 Å². The highest BCUT2D eigenvalue weighted by Gasteiger charge is 2.09. The normalized spacial score (nSPS) is 10.8. The predicted octanol–water partition coefficient (Wildman–Crippen LogP) is 3.44. The van der Waals surface area contributed by atoms with E-state index in [-0.39, 0.29) is 0 Å². The van der Waals surface area contributed by atoms with Crippen LogP contribution in [0.4, 0.5) is 5.82 Å². The van der Waals surface area contributed by atoms with E-state index >= 15 is 0 Å². The summed E-state index contributed by atoms with van der Waals surface area (Å²) < 4.78 is 0. The van der Waals surface area contributed by atoms with Crippen LogP contribution in [0.5, 0.6) is 0 Å². The van der Waals surface area contributed by atoms with E-state index in [1.165, 1.54) is 0 Å². The van der Waals surface area contributed by atoms with Gasteiger partial charge < -0.3 is 5.73 Å². The van der Waals surface area contributed by atoms with Gasteiger partial charge in [0.1, 0.15) is 11.6 Å². The van der Waals surface area contributed by atoms with Gasteiger partial charge in [-0.15, -0.1) is 0 Å². The smallest absolute Gasteiger partial charge is 0.135 e. The van der Waals surface area contributed by atoms with Crippen LogP contribution < -0.4 is 5.73 Å². The first-order valence-corrected chi connectivity index (χ1v) is 6.40. The molecule has 3 rings (SSSR count). The average Bonchev–Trinajstić information content (AvgIpc) is 2.47. The van der Waals surface area contributed by atoms with Gasteiger partial charge in [-0.1, -0.05) is 49.4 Å². The lowest BCUT2D eigenvalue weighted by atomic mass is 10.0. The Balaban J connectivity index is 2.33. The quantitative estimate of drug-likeness (QED) is 0.757. The number of aromatic nitrogens is 2. The molecule has 3 nitrogen and oxygen atoms in total. The third-order valence-electron chi connectivity index (χ3n) is 3.20. The van der Waals surface area contributed by atoms with Crippen LogP contribution in [0.1, 0.15) is 12.7 Å². The molecule has 3 heteroatoms. The van der Waals surface area contributed by atoms with Crippen molar-refractivity contribution in [2.45, 2.75) is 13.3 Å². The molecule has 2 aromatic carbocycles. The highest BCUT2D eigenvalue weighted by molar-refractivity contribution is 6.01. The number of benzene rings is 2. The molecule has 0 spiro atoms. The van der Waals surface area contributed by atoms with Crippen LogP contribution >= 0.6 is 0 Å². The molecule has 1 aromatic heterocycles. The van der Waals surface area contributed by atoms with Crippen molar-refractivity contribution in [3.8, 4) is 11.1 Å². The Hall–Kier alpha value is -2.42. The second-order valence-corrected chi connectivity index (χ2v) is 4.44. The van der Waals surface area contributed by atoms with Crippen LogP contribution in [0.3, 0.4) is 0 Å². The van der Waals surface area contributed by atoms with Gasteiger partial charge in [0.15, 0.2) is 0 Å². The van der Waals surface area contributed by atoms with Gasteiger partial charge >= 0.3 is 0 Å². The van der Waals surface area contributed by atoms with Crippen molar-refractivity contribution in [2.24, 2.45) is 0 Å². The van der Waals surface area contributed by atoms with Crippen LogP contribution in [0.15, 0.2) is 48.5 Å². The largest absolute Gasteiger partial charge is 0.383 e. The Morgan fingerprint density at radius 3 is 2.47 bits per heavy atom. The summed E-state index contributed by atoms with van der Waals surface area (Å²) >= 11 is 0. The van der Waals surface area contributed by atoms with Crippen LogP contribution in [0, 0.1) is 0 Å². The van der Waals surface area contributed by atoms with E-state index in [4.69, 9.17) is 5.73 Å². The topological polar surface area (TPSA) is 51.8 Å². The molecular weight excluding hydrogens is 234 g/mol. The minimum atomic E-state index is 0.557. The van der Waals surface area contributed by atoms with Gasteiger partial charge in [-0.2, -0.15) is 0 Å². The summed E-state index contributed by atoms with van der Waals surface area (Å²) in [6.45, 7) is 2.03. The minimum absolute atomic E-state index is 0.557. The number of fused-ring (bicyclic) bond motifs is 1. The molecule has 0 aliphatic carbocycles. The fourth-order valence-electron chi connectivity index (χ4n) is 2.28. The summed E-state index contributed by atoms with van der Waals surface area (Å²) in [5.74, 6) is 1.34. The van der Waals surface area contributed by atoms with Crippen molar-refractivity contribution in [3.05, 3.63) is 54.4 Å². The van der Waals surface area contributed by atoms with Crippen LogP contribution in [0.25, 0.3) is 22.0 Å². The van der Waals surface area contributed by atoms with Gasteiger partial charge in [0.2, 0.25) is 0 Å². The van der Waals surface area contributed by atoms with E-state index < -0.39 is 0 Å².